The van der Waals surface area contributed by atoms with Crippen molar-refractivity contribution in [1.29, 1.82) is 0 Å². The molecule has 1 unspecified atom stereocenters. The minimum atomic E-state index is -0.303. The van der Waals surface area contributed by atoms with Crippen molar-refractivity contribution >= 4 is 23.3 Å². The number of carbonyl (C=O) groups excluding carboxylic acids is 2. The van der Waals surface area contributed by atoms with Crippen LogP contribution in [0.25, 0.3) is 0 Å². The van der Waals surface area contributed by atoms with E-state index in [2.05, 4.69) is 12.0 Å². The number of anilines is 1. The Kier molecular flexibility index (Phi) is 4.20. The van der Waals surface area contributed by atoms with E-state index in [0.717, 1.165) is 30.5 Å². The summed E-state index contributed by atoms with van der Waals surface area (Å²) >= 11 is 0. The van der Waals surface area contributed by atoms with Crippen LogP contribution in [-0.4, -0.2) is 17.6 Å². The number of nitrogens with zero attached hydrogens (tertiary/aromatic N) is 2. The molecule has 2 heterocycles. The largest absolute Gasteiger partial charge is 0.454 e. The van der Waals surface area contributed by atoms with Crippen LogP contribution in [0.1, 0.15) is 68.5 Å². The van der Waals surface area contributed by atoms with E-state index < -0.39 is 0 Å². The van der Waals surface area contributed by atoms with Gasteiger partial charge in [0.2, 0.25) is 0 Å². The van der Waals surface area contributed by atoms with Crippen LogP contribution in [0.4, 0.5) is 5.69 Å². The zero-order valence-electron chi connectivity index (χ0n) is 13.8. The Morgan fingerprint density at radius 3 is 2.78 bits per heavy atom. The summed E-state index contributed by atoms with van der Waals surface area (Å²) in [5.41, 5.74) is 2.99. The molecule has 1 atom stereocenters. The van der Waals surface area contributed by atoms with Crippen LogP contribution in [0, 0.1) is 5.92 Å². The normalized spacial score (nSPS) is 20.1. The Balaban J connectivity index is 1.89. The highest BCUT2D eigenvalue weighted by molar-refractivity contribution is 6.13. The van der Waals surface area contributed by atoms with Crippen molar-refractivity contribution < 1.29 is 14.3 Å². The summed E-state index contributed by atoms with van der Waals surface area (Å²) in [5, 5.41) is 5.81. The van der Waals surface area contributed by atoms with Gasteiger partial charge in [0.05, 0.1) is 23.4 Å². The molecule has 1 aromatic carbocycles. The van der Waals surface area contributed by atoms with Gasteiger partial charge in [-0.1, -0.05) is 33.3 Å². The molecule has 0 spiro atoms. The van der Waals surface area contributed by atoms with Gasteiger partial charge in [0.15, 0.2) is 0 Å². The summed E-state index contributed by atoms with van der Waals surface area (Å²) in [6.07, 6.45) is 3.11. The molecule has 5 nitrogen and oxygen atoms in total. The first-order valence-electron chi connectivity index (χ1n) is 8.26. The zero-order chi connectivity index (χ0) is 16.6. The van der Waals surface area contributed by atoms with E-state index in [1.165, 1.54) is 5.01 Å². The topological polar surface area (TPSA) is 59.0 Å². The maximum atomic E-state index is 12.2. The fourth-order valence-electron chi connectivity index (χ4n) is 2.96. The third-order valence-electron chi connectivity index (χ3n) is 4.38. The van der Waals surface area contributed by atoms with Gasteiger partial charge < -0.3 is 4.74 Å². The van der Waals surface area contributed by atoms with Crippen molar-refractivity contribution in [2.45, 2.75) is 52.6 Å². The molecule has 0 radical (unpaired) electrons. The number of benzene rings is 1. The number of hydrazone groups is 1. The van der Waals surface area contributed by atoms with E-state index in [1.54, 1.807) is 6.07 Å². The Morgan fingerprint density at radius 1 is 1.35 bits per heavy atom. The minimum absolute atomic E-state index is 0.0532. The molecule has 0 aliphatic carbocycles. The van der Waals surface area contributed by atoms with Gasteiger partial charge in [0.25, 0.3) is 5.91 Å². The van der Waals surface area contributed by atoms with Crippen LogP contribution < -0.4 is 5.01 Å². The van der Waals surface area contributed by atoms with E-state index >= 15 is 0 Å². The van der Waals surface area contributed by atoms with Gasteiger partial charge in [-0.15, -0.1) is 0 Å². The second kappa shape index (κ2) is 6.14. The first-order valence-corrected chi connectivity index (χ1v) is 8.26. The quantitative estimate of drug-likeness (QED) is 0.776. The summed E-state index contributed by atoms with van der Waals surface area (Å²) in [6, 6.07) is 5.48. The van der Waals surface area contributed by atoms with Crippen LogP contribution >= 0.6 is 0 Å². The monoisotopic (exact) mass is 314 g/mol. The van der Waals surface area contributed by atoms with E-state index in [0.29, 0.717) is 17.7 Å². The Hall–Kier alpha value is -2.17. The smallest absolute Gasteiger partial charge is 0.339 e. The second-order valence-electron chi connectivity index (χ2n) is 6.44. The van der Waals surface area contributed by atoms with Gasteiger partial charge in [-0.2, -0.15) is 5.10 Å². The van der Waals surface area contributed by atoms with E-state index in [9.17, 15) is 9.59 Å². The molecule has 2 aliphatic rings. The lowest BCUT2D eigenvalue weighted by molar-refractivity contribution is -0.116. The maximum absolute atomic E-state index is 12.2. The number of amides is 1. The lowest BCUT2D eigenvalue weighted by Crippen LogP contribution is -2.19. The fourth-order valence-corrected chi connectivity index (χ4v) is 2.96. The average molecular weight is 314 g/mol. The van der Waals surface area contributed by atoms with Crippen molar-refractivity contribution in [1.82, 2.24) is 0 Å². The van der Waals surface area contributed by atoms with Gasteiger partial charge in [-0.05, 0) is 30.9 Å². The lowest BCUT2D eigenvalue weighted by atomic mass is 10.0. The summed E-state index contributed by atoms with van der Waals surface area (Å²) in [6.45, 7) is 6.16. The van der Waals surface area contributed by atoms with Gasteiger partial charge in [0.1, 0.15) is 6.10 Å². The van der Waals surface area contributed by atoms with Crippen LogP contribution in [0.2, 0.25) is 0 Å². The molecule has 2 aliphatic heterocycles. The van der Waals surface area contributed by atoms with Crippen molar-refractivity contribution in [3.05, 3.63) is 29.3 Å². The Labute approximate surface area is 136 Å². The van der Waals surface area contributed by atoms with Crippen LogP contribution in [0.5, 0.6) is 0 Å². The minimum Gasteiger partial charge on any atom is -0.454 e. The molecule has 0 saturated carbocycles. The number of cyclic esters (lactones) is 1. The third kappa shape index (κ3) is 2.87. The van der Waals surface area contributed by atoms with Gasteiger partial charge >= 0.3 is 5.97 Å². The first-order chi connectivity index (χ1) is 11.0. The van der Waals surface area contributed by atoms with E-state index in [-0.39, 0.29) is 23.9 Å². The molecular formula is C18H22N2O3. The number of carbonyl (C=O) groups is 2. The number of ether oxygens (including phenoxy) is 1. The third-order valence-corrected chi connectivity index (χ3v) is 4.38. The number of rotatable bonds is 5. The zero-order valence-corrected chi connectivity index (χ0v) is 13.8. The highest BCUT2D eigenvalue weighted by atomic mass is 16.5. The van der Waals surface area contributed by atoms with Gasteiger partial charge in [0, 0.05) is 5.56 Å². The summed E-state index contributed by atoms with van der Waals surface area (Å²) < 4.78 is 5.46. The molecule has 122 valence electrons. The van der Waals surface area contributed by atoms with Crippen LogP contribution in [-0.2, 0) is 9.53 Å². The maximum Gasteiger partial charge on any atom is 0.339 e. The van der Waals surface area contributed by atoms with Crippen LogP contribution in [0.15, 0.2) is 23.3 Å². The standard InChI is InChI=1S/C18H22N2O3/c1-4-5-6-16-13-8-7-12(9-14(13)18(22)23-16)20-17(21)10-15(19-20)11(2)3/h7-9,11,16H,4-6,10H2,1-3H3. The molecule has 0 bridgehead atoms. The molecule has 0 fully saturated rings. The highest BCUT2D eigenvalue weighted by Crippen LogP contribution is 2.37. The summed E-state index contributed by atoms with van der Waals surface area (Å²) in [7, 11) is 0. The Bertz CT molecular complexity index is 679. The molecule has 0 saturated heterocycles. The lowest BCUT2D eigenvalue weighted by Gasteiger charge is -2.13. The predicted octanol–water partition coefficient (Wildman–Crippen LogP) is 3.84. The summed E-state index contributed by atoms with van der Waals surface area (Å²) in [4.78, 5) is 24.3. The number of hydrogen-bond acceptors (Lipinski definition) is 4. The van der Waals surface area contributed by atoms with Crippen molar-refractivity contribution in [2.75, 3.05) is 5.01 Å². The fraction of sp³-hybridized carbons (Fsp3) is 0.500. The molecular weight excluding hydrogens is 292 g/mol. The van der Waals surface area contributed by atoms with Crippen molar-refractivity contribution in [3.63, 3.8) is 0 Å². The predicted molar refractivity (Wildman–Crippen MR) is 88.5 cm³/mol. The number of esters is 1. The Morgan fingerprint density at radius 2 is 2.13 bits per heavy atom. The number of hydrogen-bond donors (Lipinski definition) is 0. The molecule has 5 heteroatoms. The van der Waals surface area contributed by atoms with Crippen molar-refractivity contribution in [3.8, 4) is 0 Å². The molecule has 1 amide bonds. The molecule has 1 aromatic rings. The number of fused-ring (bicyclic) bond motifs is 1. The average Bonchev–Trinajstić information content (AvgIpc) is 3.06. The van der Waals surface area contributed by atoms with Crippen molar-refractivity contribution in [2.24, 2.45) is 11.0 Å². The first kappa shape index (κ1) is 15.7. The molecule has 0 aromatic heterocycles. The second-order valence-corrected chi connectivity index (χ2v) is 6.44. The SMILES string of the molecule is CCCCC1OC(=O)c2cc(N3N=C(C(C)C)CC3=O)ccc21. The summed E-state index contributed by atoms with van der Waals surface area (Å²) in [5.74, 6) is -0.119. The van der Waals surface area contributed by atoms with E-state index in [4.69, 9.17) is 4.74 Å². The van der Waals surface area contributed by atoms with Crippen LogP contribution in [0.3, 0.4) is 0 Å². The van der Waals surface area contributed by atoms with Gasteiger partial charge in [-0.3, -0.25) is 4.79 Å². The number of unbranched alkanes of at least 4 members (excludes halogenated alkanes) is 1. The molecule has 23 heavy (non-hydrogen) atoms. The molecule has 3 rings (SSSR count). The molecule has 0 N–H and O–H groups in total. The van der Waals surface area contributed by atoms with Gasteiger partial charge in [-0.25, -0.2) is 9.80 Å². The highest BCUT2D eigenvalue weighted by Gasteiger charge is 2.33. The van der Waals surface area contributed by atoms with E-state index in [1.807, 2.05) is 26.0 Å².